The van der Waals surface area contributed by atoms with Crippen molar-refractivity contribution in [3.63, 3.8) is 0 Å². The average Bonchev–Trinajstić information content (AvgIpc) is 2.69. The van der Waals surface area contributed by atoms with Crippen molar-refractivity contribution in [1.82, 2.24) is 0 Å². The smallest absolute Gasteiger partial charge is 0.161 e. The lowest BCUT2D eigenvalue weighted by atomic mass is 10.2. The van der Waals surface area contributed by atoms with Crippen molar-refractivity contribution in [3.05, 3.63) is 89.7 Å². The summed E-state index contributed by atoms with van der Waals surface area (Å²) < 4.78 is 25.2. The van der Waals surface area contributed by atoms with E-state index in [9.17, 15) is 4.39 Å². The summed E-state index contributed by atoms with van der Waals surface area (Å²) in [5.74, 6) is 0.872. The van der Waals surface area contributed by atoms with Gasteiger partial charge in [0.05, 0.1) is 18.5 Å². The molecule has 3 rings (SSSR count). The minimum atomic E-state index is -0.286. The predicted octanol–water partition coefficient (Wildman–Crippen LogP) is 5.25. The Balaban J connectivity index is 1.69. The lowest BCUT2D eigenvalue weighted by Crippen LogP contribution is -2.02. The van der Waals surface area contributed by atoms with Gasteiger partial charge in [-0.2, -0.15) is 5.10 Å². The molecule has 0 spiro atoms. The molecule has 0 fully saturated rings. The van der Waals surface area contributed by atoms with Gasteiger partial charge in [-0.15, -0.1) is 0 Å². The van der Waals surface area contributed by atoms with Crippen LogP contribution in [0.3, 0.4) is 0 Å². The molecule has 0 bridgehead atoms. The zero-order valence-electron chi connectivity index (χ0n) is 15.1. The van der Waals surface area contributed by atoms with Crippen LogP contribution in [-0.2, 0) is 6.61 Å². The molecule has 0 aliphatic heterocycles. The summed E-state index contributed by atoms with van der Waals surface area (Å²) in [5.41, 5.74) is 5.23. The molecule has 1 N–H and O–H groups in total. The Kier molecular flexibility index (Phi) is 6.41. The second kappa shape index (κ2) is 9.38. The van der Waals surface area contributed by atoms with Gasteiger partial charge in [0.15, 0.2) is 11.5 Å². The Hall–Kier alpha value is -3.34. The zero-order valence-corrected chi connectivity index (χ0v) is 15.1. The lowest BCUT2D eigenvalue weighted by Gasteiger charge is -2.13. The molecule has 27 heavy (non-hydrogen) atoms. The third kappa shape index (κ3) is 5.31. The number of benzene rings is 3. The van der Waals surface area contributed by atoms with Crippen molar-refractivity contribution in [1.29, 1.82) is 0 Å². The zero-order chi connectivity index (χ0) is 18.9. The van der Waals surface area contributed by atoms with Gasteiger partial charge >= 0.3 is 0 Å². The number of hydrazone groups is 1. The van der Waals surface area contributed by atoms with E-state index >= 15 is 0 Å². The van der Waals surface area contributed by atoms with E-state index in [1.54, 1.807) is 30.5 Å². The molecule has 0 aliphatic carbocycles. The number of para-hydroxylation sites is 1. The van der Waals surface area contributed by atoms with Crippen LogP contribution in [0.15, 0.2) is 77.9 Å². The van der Waals surface area contributed by atoms with E-state index in [2.05, 4.69) is 10.5 Å². The van der Waals surface area contributed by atoms with Crippen molar-refractivity contribution in [2.75, 3.05) is 12.0 Å². The first-order valence-electron chi connectivity index (χ1n) is 8.73. The molecule has 5 heteroatoms. The summed E-state index contributed by atoms with van der Waals surface area (Å²) in [4.78, 5) is 0. The van der Waals surface area contributed by atoms with Gasteiger partial charge in [0, 0.05) is 5.56 Å². The minimum absolute atomic E-state index is 0.135. The van der Waals surface area contributed by atoms with Crippen LogP contribution in [0.1, 0.15) is 18.1 Å². The Morgan fingerprint density at radius 3 is 2.48 bits per heavy atom. The molecule has 0 atom stereocenters. The summed E-state index contributed by atoms with van der Waals surface area (Å²) in [6, 6.07) is 21.8. The maximum Gasteiger partial charge on any atom is 0.161 e. The first-order chi connectivity index (χ1) is 13.3. The first-order valence-corrected chi connectivity index (χ1v) is 8.73. The van der Waals surface area contributed by atoms with Crippen LogP contribution in [0.4, 0.5) is 10.1 Å². The molecule has 138 valence electrons. The maximum absolute atomic E-state index is 13.7. The maximum atomic E-state index is 13.7. The van der Waals surface area contributed by atoms with Gasteiger partial charge in [-0.05, 0) is 48.9 Å². The lowest BCUT2D eigenvalue weighted by molar-refractivity contribution is 0.266. The minimum Gasteiger partial charge on any atom is -0.490 e. The number of hydrogen-bond acceptors (Lipinski definition) is 4. The second-order valence-electron chi connectivity index (χ2n) is 5.76. The standard InChI is InChI=1S/C22H21FN2O2/c1-2-26-22-14-17(15-24-25-19-9-4-3-5-10-19)12-13-21(22)27-16-18-8-6-7-11-20(18)23/h3-15,25H,2,16H2,1H3/b24-15+. The number of halogens is 1. The number of hydrogen-bond donors (Lipinski definition) is 1. The monoisotopic (exact) mass is 364 g/mol. The highest BCUT2D eigenvalue weighted by atomic mass is 19.1. The highest BCUT2D eigenvalue weighted by Gasteiger charge is 2.08. The van der Waals surface area contributed by atoms with Gasteiger partial charge in [-0.25, -0.2) is 4.39 Å². The predicted molar refractivity (Wildman–Crippen MR) is 106 cm³/mol. The third-order valence-corrected chi connectivity index (χ3v) is 3.79. The van der Waals surface area contributed by atoms with Gasteiger partial charge in [-0.3, -0.25) is 5.43 Å². The summed E-state index contributed by atoms with van der Waals surface area (Å²) >= 11 is 0. The molecule has 0 aliphatic rings. The third-order valence-electron chi connectivity index (χ3n) is 3.79. The van der Waals surface area contributed by atoms with E-state index in [-0.39, 0.29) is 12.4 Å². The average molecular weight is 364 g/mol. The van der Waals surface area contributed by atoms with Gasteiger partial charge in [-0.1, -0.05) is 36.4 Å². The second-order valence-corrected chi connectivity index (χ2v) is 5.76. The van der Waals surface area contributed by atoms with Crippen LogP contribution in [0.2, 0.25) is 0 Å². The fraction of sp³-hybridized carbons (Fsp3) is 0.136. The van der Waals surface area contributed by atoms with Gasteiger partial charge in [0.1, 0.15) is 12.4 Å². The molecule has 0 amide bonds. The molecule has 0 radical (unpaired) electrons. The topological polar surface area (TPSA) is 42.8 Å². The Bertz CT molecular complexity index is 898. The summed E-state index contributed by atoms with van der Waals surface area (Å²) in [7, 11) is 0. The molecule has 0 heterocycles. The summed E-state index contributed by atoms with van der Waals surface area (Å²) in [6.45, 7) is 2.53. The van der Waals surface area contributed by atoms with Gasteiger partial charge < -0.3 is 9.47 Å². The highest BCUT2D eigenvalue weighted by molar-refractivity contribution is 5.81. The van der Waals surface area contributed by atoms with E-state index in [1.165, 1.54) is 6.07 Å². The Morgan fingerprint density at radius 2 is 1.70 bits per heavy atom. The van der Waals surface area contributed by atoms with E-state index in [0.29, 0.717) is 23.7 Å². The largest absolute Gasteiger partial charge is 0.490 e. The van der Waals surface area contributed by atoms with Crippen molar-refractivity contribution in [2.45, 2.75) is 13.5 Å². The quantitative estimate of drug-likeness (QED) is 0.438. The summed E-state index contributed by atoms with van der Waals surface area (Å²) in [5, 5.41) is 4.23. The number of ether oxygens (including phenoxy) is 2. The van der Waals surface area contributed by atoms with E-state index in [4.69, 9.17) is 9.47 Å². The Morgan fingerprint density at radius 1 is 0.926 bits per heavy atom. The van der Waals surface area contributed by atoms with Crippen LogP contribution in [-0.4, -0.2) is 12.8 Å². The Labute approximate surface area is 158 Å². The molecule has 0 saturated carbocycles. The first kappa shape index (κ1) is 18.5. The molecule has 3 aromatic rings. The number of rotatable bonds is 8. The van der Waals surface area contributed by atoms with Crippen LogP contribution in [0.25, 0.3) is 0 Å². The van der Waals surface area contributed by atoms with Gasteiger partial charge in [0.25, 0.3) is 0 Å². The molecular weight excluding hydrogens is 343 g/mol. The number of nitrogens with one attached hydrogen (secondary N) is 1. The molecular formula is C22H21FN2O2. The summed E-state index contributed by atoms with van der Waals surface area (Å²) in [6.07, 6.45) is 1.70. The normalized spacial score (nSPS) is 10.7. The molecule has 0 unspecified atom stereocenters. The molecule has 0 aromatic heterocycles. The van der Waals surface area contributed by atoms with Gasteiger partial charge in [0.2, 0.25) is 0 Å². The fourth-order valence-corrected chi connectivity index (χ4v) is 2.46. The SMILES string of the molecule is CCOc1cc(/C=N/Nc2ccccc2)ccc1OCc1ccccc1F. The van der Waals surface area contributed by atoms with E-state index in [0.717, 1.165) is 11.3 Å². The highest BCUT2D eigenvalue weighted by Crippen LogP contribution is 2.29. The number of nitrogens with zero attached hydrogens (tertiary/aromatic N) is 1. The molecule has 3 aromatic carbocycles. The fourth-order valence-electron chi connectivity index (χ4n) is 2.46. The van der Waals surface area contributed by atoms with Crippen molar-refractivity contribution < 1.29 is 13.9 Å². The van der Waals surface area contributed by atoms with Crippen LogP contribution < -0.4 is 14.9 Å². The van der Waals surface area contributed by atoms with Crippen LogP contribution in [0.5, 0.6) is 11.5 Å². The molecule has 0 saturated heterocycles. The van der Waals surface area contributed by atoms with E-state index < -0.39 is 0 Å². The van der Waals surface area contributed by atoms with Crippen molar-refractivity contribution in [2.24, 2.45) is 5.10 Å². The van der Waals surface area contributed by atoms with Crippen molar-refractivity contribution >= 4 is 11.9 Å². The van der Waals surface area contributed by atoms with E-state index in [1.807, 2.05) is 49.4 Å². The van der Waals surface area contributed by atoms with Crippen molar-refractivity contribution in [3.8, 4) is 11.5 Å². The van der Waals surface area contributed by atoms with Crippen LogP contribution in [0, 0.1) is 5.82 Å². The molecule has 4 nitrogen and oxygen atoms in total. The number of anilines is 1. The van der Waals surface area contributed by atoms with Crippen LogP contribution >= 0.6 is 0 Å².